The maximum atomic E-state index is 12.4. The highest BCUT2D eigenvalue weighted by Crippen LogP contribution is 2.22. The van der Waals surface area contributed by atoms with Gasteiger partial charge in [-0.25, -0.2) is 4.98 Å². The van der Waals surface area contributed by atoms with Crippen LogP contribution in [0.1, 0.15) is 39.8 Å². The second-order valence-electron chi connectivity index (χ2n) is 5.95. The first kappa shape index (κ1) is 16.9. The molecule has 132 valence electrons. The van der Waals surface area contributed by atoms with Gasteiger partial charge in [-0.05, 0) is 37.8 Å². The van der Waals surface area contributed by atoms with Gasteiger partial charge in [-0.3, -0.25) is 14.3 Å². The zero-order chi connectivity index (χ0) is 17.8. The fourth-order valence-electron chi connectivity index (χ4n) is 3.03. The lowest BCUT2D eigenvalue weighted by molar-refractivity contribution is 0.0937. The monoisotopic (exact) mass is 343 g/mol. The number of hydrogen-bond donors (Lipinski definition) is 2. The van der Waals surface area contributed by atoms with Gasteiger partial charge in [0.25, 0.3) is 11.8 Å². The van der Waals surface area contributed by atoms with Crippen molar-refractivity contribution in [1.29, 1.82) is 0 Å². The molecule has 3 heterocycles. The molecule has 0 spiro atoms. The number of nitrogens with zero attached hydrogens (tertiary/aromatic N) is 3. The number of amides is 2. The number of aromatic nitrogens is 3. The first-order valence-corrected chi connectivity index (χ1v) is 8.30. The molecule has 8 nitrogen and oxygen atoms in total. The van der Waals surface area contributed by atoms with E-state index in [-0.39, 0.29) is 11.8 Å². The summed E-state index contributed by atoms with van der Waals surface area (Å²) in [6.45, 7) is 3.50. The summed E-state index contributed by atoms with van der Waals surface area (Å²) in [7, 11) is 0. The Balaban J connectivity index is 1.64. The Kier molecular flexibility index (Phi) is 4.97. The SMILES string of the molecule is CCOc1ncccc1C(=O)NCC1CCn2ncc(C(N)=O)c2C1. The van der Waals surface area contributed by atoms with E-state index in [1.54, 1.807) is 18.3 Å². The molecule has 2 aromatic heterocycles. The maximum Gasteiger partial charge on any atom is 0.256 e. The molecule has 1 aliphatic rings. The minimum Gasteiger partial charge on any atom is -0.477 e. The standard InChI is InChI=1S/C17H21N5O3/c1-2-25-17-12(4-3-6-19-17)16(24)20-9-11-5-7-22-14(8-11)13(10-21-22)15(18)23/h3-4,6,10-11H,2,5,7-9H2,1H3,(H2,18,23)(H,20,24). The van der Waals surface area contributed by atoms with E-state index in [1.165, 1.54) is 6.20 Å². The summed E-state index contributed by atoms with van der Waals surface area (Å²) in [5.41, 5.74) is 7.11. The van der Waals surface area contributed by atoms with Crippen LogP contribution in [0.3, 0.4) is 0 Å². The van der Waals surface area contributed by atoms with Gasteiger partial charge in [-0.15, -0.1) is 0 Å². The van der Waals surface area contributed by atoms with Gasteiger partial charge in [0.1, 0.15) is 5.56 Å². The largest absolute Gasteiger partial charge is 0.477 e. The van der Waals surface area contributed by atoms with Crippen molar-refractivity contribution in [3.05, 3.63) is 41.3 Å². The summed E-state index contributed by atoms with van der Waals surface area (Å²) in [6, 6.07) is 3.39. The molecule has 3 rings (SSSR count). The average Bonchev–Trinajstić information content (AvgIpc) is 3.04. The molecule has 0 aromatic carbocycles. The van der Waals surface area contributed by atoms with E-state index < -0.39 is 5.91 Å². The van der Waals surface area contributed by atoms with Gasteiger partial charge in [0, 0.05) is 19.3 Å². The molecule has 0 fully saturated rings. The number of pyridine rings is 1. The van der Waals surface area contributed by atoms with Crippen LogP contribution in [0, 0.1) is 5.92 Å². The van der Waals surface area contributed by atoms with Crippen LogP contribution in [0.25, 0.3) is 0 Å². The van der Waals surface area contributed by atoms with Crippen LogP contribution in [0.2, 0.25) is 0 Å². The Hall–Kier alpha value is -2.90. The second-order valence-corrected chi connectivity index (χ2v) is 5.95. The number of fused-ring (bicyclic) bond motifs is 1. The number of ether oxygens (including phenoxy) is 1. The van der Waals surface area contributed by atoms with Crippen molar-refractivity contribution in [2.75, 3.05) is 13.2 Å². The third-order valence-corrected chi connectivity index (χ3v) is 4.29. The number of hydrogen-bond acceptors (Lipinski definition) is 5. The Bertz CT molecular complexity index is 786. The van der Waals surface area contributed by atoms with Gasteiger partial charge < -0.3 is 15.8 Å². The molecule has 3 N–H and O–H groups in total. The summed E-state index contributed by atoms with van der Waals surface area (Å²) in [5.74, 6) is -0.132. The summed E-state index contributed by atoms with van der Waals surface area (Å²) in [6.07, 6.45) is 4.64. The van der Waals surface area contributed by atoms with Gasteiger partial charge in [-0.1, -0.05) is 0 Å². The van der Waals surface area contributed by atoms with Gasteiger partial charge >= 0.3 is 0 Å². The van der Waals surface area contributed by atoms with Crippen molar-refractivity contribution in [3.63, 3.8) is 0 Å². The first-order chi connectivity index (χ1) is 12.1. The van der Waals surface area contributed by atoms with E-state index in [1.807, 2.05) is 11.6 Å². The quantitative estimate of drug-likeness (QED) is 0.804. The third kappa shape index (κ3) is 3.62. The first-order valence-electron chi connectivity index (χ1n) is 8.30. The number of aryl methyl sites for hydroxylation is 1. The molecule has 2 aromatic rings. The molecule has 25 heavy (non-hydrogen) atoms. The lowest BCUT2D eigenvalue weighted by atomic mass is 9.94. The minimum absolute atomic E-state index is 0.217. The van der Waals surface area contributed by atoms with Crippen LogP contribution in [0.5, 0.6) is 5.88 Å². The normalized spacial score (nSPS) is 16.1. The number of carbonyl (C=O) groups excluding carboxylic acids is 2. The number of nitrogens with two attached hydrogens (primary N) is 1. The van der Waals surface area contributed by atoms with E-state index in [9.17, 15) is 9.59 Å². The molecule has 1 unspecified atom stereocenters. The van der Waals surface area contributed by atoms with Crippen molar-refractivity contribution in [3.8, 4) is 5.88 Å². The summed E-state index contributed by atoms with van der Waals surface area (Å²) in [4.78, 5) is 28.0. The van der Waals surface area contributed by atoms with Crippen LogP contribution in [0.4, 0.5) is 0 Å². The highest BCUT2D eigenvalue weighted by atomic mass is 16.5. The number of primary amides is 1. The van der Waals surface area contributed by atoms with E-state index in [0.717, 1.165) is 12.1 Å². The van der Waals surface area contributed by atoms with Crippen molar-refractivity contribution in [2.45, 2.75) is 26.3 Å². The van der Waals surface area contributed by atoms with Crippen LogP contribution >= 0.6 is 0 Å². The van der Waals surface area contributed by atoms with E-state index >= 15 is 0 Å². The van der Waals surface area contributed by atoms with Gasteiger partial charge in [-0.2, -0.15) is 5.10 Å². The average molecular weight is 343 g/mol. The van der Waals surface area contributed by atoms with E-state index in [4.69, 9.17) is 10.5 Å². The lowest BCUT2D eigenvalue weighted by Crippen LogP contribution is -2.34. The molecule has 0 bridgehead atoms. The summed E-state index contributed by atoms with van der Waals surface area (Å²) in [5, 5.41) is 7.13. The van der Waals surface area contributed by atoms with Gasteiger partial charge in [0.15, 0.2) is 0 Å². The fourth-order valence-corrected chi connectivity index (χ4v) is 3.03. The topological polar surface area (TPSA) is 112 Å². The van der Waals surface area contributed by atoms with Crippen molar-refractivity contribution >= 4 is 11.8 Å². The zero-order valence-electron chi connectivity index (χ0n) is 14.1. The molecular weight excluding hydrogens is 322 g/mol. The highest BCUT2D eigenvalue weighted by molar-refractivity contribution is 5.96. The molecular formula is C17H21N5O3. The number of carbonyl (C=O) groups is 2. The summed E-state index contributed by atoms with van der Waals surface area (Å²) < 4.78 is 7.21. The molecule has 1 atom stereocenters. The van der Waals surface area contributed by atoms with E-state index in [0.29, 0.717) is 43.1 Å². The van der Waals surface area contributed by atoms with Crippen molar-refractivity contribution in [2.24, 2.45) is 11.7 Å². The molecule has 0 radical (unpaired) electrons. The Morgan fingerprint density at radius 2 is 2.28 bits per heavy atom. The summed E-state index contributed by atoms with van der Waals surface area (Å²) >= 11 is 0. The molecule has 0 saturated carbocycles. The fraction of sp³-hybridized carbons (Fsp3) is 0.412. The molecule has 1 aliphatic heterocycles. The minimum atomic E-state index is -0.470. The van der Waals surface area contributed by atoms with Gasteiger partial charge in [0.05, 0.1) is 24.1 Å². The Morgan fingerprint density at radius 1 is 1.44 bits per heavy atom. The number of nitrogens with one attached hydrogen (secondary N) is 1. The molecule has 2 amide bonds. The second kappa shape index (κ2) is 7.33. The van der Waals surface area contributed by atoms with Crippen LogP contribution in [-0.4, -0.2) is 39.7 Å². The smallest absolute Gasteiger partial charge is 0.256 e. The Labute approximate surface area is 145 Å². The zero-order valence-corrected chi connectivity index (χ0v) is 14.1. The van der Waals surface area contributed by atoms with Crippen LogP contribution < -0.4 is 15.8 Å². The predicted molar refractivity (Wildman–Crippen MR) is 90.3 cm³/mol. The molecule has 8 heteroatoms. The van der Waals surface area contributed by atoms with Crippen molar-refractivity contribution < 1.29 is 14.3 Å². The van der Waals surface area contributed by atoms with Crippen molar-refractivity contribution in [1.82, 2.24) is 20.1 Å². The lowest BCUT2D eigenvalue weighted by Gasteiger charge is -2.24. The number of rotatable bonds is 6. The predicted octanol–water partition coefficient (Wildman–Crippen LogP) is 0.768. The van der Waals surface area contributed by atoms with Gasteiger partial charge in [0.2, 0.25) is 5.88 Å². The maximum absolute atomic E-state index is 12.4. The third-order valence-electron chi connectivity index (χ3n) is 4.29. The van der Waals surface area contributed by atoms with Crippen LogP contribution in [-0.2, 0) is 13.0 Å². The molecule has 0 aliphatic carbocycles. The van der Waals surface area contributed by atoms with E-state index in [2.05, 4.69) is 15.4 Å². The van der Waals surface area contributed by atoms with Crippen LogP contribution in [0.15, 0.2) is 24.5 Å². The highest BCUT2D eigenvalue weighted by Gasteiger charge is 2.25. The Morgan fingerprint density at radius 3 is 3.04 bits per heavy atom. The molecule has 0 saturated heterocycles.